The maximum absolute atomic E-state index is 6.34. The number of nitrogens with zero attached hydrogens (tertiary/aromatic N) is 4. The van der Waals surface area contributed by atoms with Crippen LogP contribution < -0.4 is 0 Å². The largest absolute Gasteiger partial charge is 0.436 e. The van der Waals surface area contributed by atoms with E-state index in [4.69, 9.17) is 24.4 Å². The van der Waals surface area contributed by atoms with Crippen molar-refractivity contribution in [1.29, 1.82) is 0 Å². The predicted octanol–water partition coefficient (Wildman–Crippen LogP) is 14.0. The van der Waals surface area contributed by atoms with Crippen molar-refractivity contribution in [3.63, 3.8) is 0 Å². The Morgan fingerprint density at radius 3 is 1.44 bits per heavy atom. The Morgan fingerprint density at radius 2 is 0.797 bits per heavy atom. The first-order valence-corrected chi connectivity index (χ1v) is 19.7. The third-order valence-corrected chi connectivity index (χ3v) is 10.9. The van der Waals surface area contributed by atoms with Crippen molar-refractivity contribution in [3.05, 3.63) is 206 Å². The van der Waals surface area contributed by atoms with Crippen molar-refractivity contribution in [2.24, 2.45) is 0 Å². The highest BCUT2D eigenvalue weighted by molar-refractivity contribution is 6.15. The number of rotatable bonds is 7. The molecule has 0 aliphatic rings. The zero-order chi connectivity index (χ0) is 39.1. The van der Waals surface area contributed by atoms with Gasteiger partial charge in [-0.3, -0.25) is 0 Å². The third kappa shape index (κ3) is 6.32. The van der Waals surface area contributed by atoms with E-state index in [0.29, 0.717) is 23.4 Å². The van der Waals surface area contributed by atoms with Crippen LogP contribution in [0, 0.1) is 0 Å². The lowest BCUT2D eigenvalue weighted by atomic mass is 9.92. The summed E-state index contributed by atoms with van der Waals surface area (Å²) in [4.78, 5) is 20.7. The van der Waals surface area contributed by atoms with Gasteiger partial charge in [0.2, 0.25) is 5.89 Å². The molecule has 0 aliphatic carbocycles. The van der Waals surface area contributed by atoms with E-state index in [1.54, 1.807) is 0 Å². The topological polar surface area (TPSA) is 64.7 Å². The van der Waals surface area contributed by atoms with Crippen LogP contribution in [-0.4, -0.2) is 19.9 Å². The molecule has 5 nitrogen and oxygen atoms in total. The maximum Gasteiger partial charge on any atom is 0.227 e. The molecule has 0 fully saturated rings. The quantitative estimate of drug-likeness (QED) is 0.162. The van der Waals surface area contributed by atoms with Gasteiger partial charge in [-0.15, -0.1) is 0 Å². The van der Waals surface area contributed by atoms with Crippen molar-refractivity contribution in [1.82, 2.24) is 19.9 Å². The number of oxazole rings is 1. The van der Waals surface area contributed by atoms with Gasteiger partial charge in [-0.05, 0) is 85.9 Å². The molecule has 0 bridgehead atoms. The first-order chi connectivity index (χ1) is 29.2. The normalized spacial score (nSPS) is 11.4. The molecule has 9 aromatic carbocycles. The van der Waals surface area contributed by atoms with Crippen LogP contribution in [0.15, 0.2) is 211 Å². The lowest BCUT2D eigenvalue weighted by Gasteiger charge is -2.14. The van der Waals surface area contributed by atoms with E-state index >= 15 is 0 Å². The second-order valence-corrected chi connectivity index (χ2v) is 14.6. The molecule has 59 heavy (non-hydrogen) atoms. The summed E-state index contributed by atoms with van der Waals surface area (Å²) in [5.74, 6) is 2.43. The summed E-state index contributed by atoms with van der Waals surface area (Å²) in [6.45, 7) is 0. The van der Waals surface area contributed by atoms with Crippen LogP contribution in [0.1, 0.15) is 0 Å². The molecule has 2 aromatic heterocycles. The van der Waals surface area contributed by atoms with Crippen LogP contribution in [0.5, 0.6) is 0 Å². The third-order valence-electron chi connectivity index (χ3n) is 10.9. The monoisotopic (exact) mass is 754 g/mol. The van der Waals surface area contributed by atoms with Gasteiger partial charge >= 0.3 is 0 Å². The van der Waals surface area contributed by atoms with Crippen LogP contribution >= 0.6 is 0 Å². The number of hydrogen-bond acceptors (Lipinski definition) is 5. The highest BCUT2D eigenvalue weighted by Crippen LogP contribution is 2.41. The van der Waals surface area contributed by atoms with Gasteiger partial charge in [-0.2, -0.15) is 0 Å². The van der Waals surface area contributed by atoms with E-state index in [-0.39, 0.29) is 0 Å². The first kappa shape index (κ1) is 34.2. The molecule has 0 radical (unpaired) electrons. The molecule has 0 amide bonds. The van der Waals surface area contributed by atoms with Gasteiger partial charge in [0, 0.05) is 27.6 Å². The van der Waals surface area contributed by atoms with E-state index in [1.807, 2.05) is 78.9 Å². The van der Waals surface area contributed by atoms with Crippen molar-refractivity contribution >= 4 is 32.6 Å². The van der Waals surface area contributed by atoms with Gasteiger partial charge in [0.25, 0.3) is 0 Å². The van der Waals surface area contributed by atoms with Gasteiger partial charge in [-0.25, -0.2) is 19.9 Å². The van der Waals surface area contributed by atoms with E-state index in [0.717, 1.165) is 88.3 Å². The minimum Gasteiger partial charge on any atom is -0.436 e. The van der Waals surface area contributed by atoms with Crippen molar-refractivity contribution in [3.8, 4) is 79.0 Å². The average Bonchev–Trinajstić information content (AvgIpc) is 3.77. The summed E-state index contributed by atoms with van der Waals surface area (Å²) in [7, 11) is 0. The van der Waals surface area contributed by atoms with Crippen molar-refractivity contribution in [2.45, 2.75) is 0 Å². The summed E-state index contributed by atoms with van der Waals surface area (Å²) < 4.78 is 6.34. The zero-order valence-electron chi connectivity index (χ0n) is 31.8. The second kappa shape index (κ2) is 14.5. The standard InChI is InChI=1S/C54H34N4O/c1-5-16-35(17-6-1)40-32-41(36-18-7-2-8-19-36)34-42(33-40)52-56-51(38-20-9-3-10-21-38)57-53(58-52)47-29-15-25-43-44(26-14-27-45(43)47)46-28-13-24-37-30-31-48-50(49(37)46)55-54(59-48)39-22-11-4-12-23-39/h1-34H. The highest BCUT2D eigenvalue weighted by Gasteiger charge is 2.19. The van der Waals surface area contributed by atoms with Crippen LogP contribution in [0.25, 0.3) is 112 Å². The zero-order valence-corrected chi connectivity index (χ0v) is 31.8. The molecule has 5 heteroatoms. The lowest BCUT2D eigenvalue weighted by molar-refractivity contribution is 0.620. The van der Waals surface area contributed by atoms with Gasteiger partial charge in [-0.1, -0.05) is 170 Å². The van der Waals surface area contributed by atoms with E-state index < -0.39 is 0 Å². The Balaban J connectivity index is 1.11. The van der Waals surface area contributed by atoms with Crippen molar-refractivity contribution in [2.75, 3.05) is 0 Å². The Labute approximate surface area is 341 Å². The summed E-state index contributed by atoms with van der Waals surface area (Å²) in [6.07, 6.45) is 0. The van der Waals surface area contributed by atoms with Gasteiger partial charge in [0.15, 0.2) is 23.1 Å². The molecule has 276 valence electrons. The Morgan fingerprint density at radius 1 is 0.305 bits per heavy atom. The molecule has 0 spiro atoms. The molecule has 2 heterocycles. The lowest BCUT2D eigenvalue weighted by Crippen LogP contribution is -2.01. The molecule has 0 unspecified atom stereocenters. The SMILES string of the molecule is c1ccc(-c2cc(-c3ccccc3)cc(-c3nc(-c4ccccc4)nc(-c4cccc5c(-c6cccc7ccc8oc(-c9ccccc9)nc8c67)cccc45)n3)c2)cc1. The molecular formula is C54H34N4O. The first-order valence-electron chi connectivity index (χ1n) is 19.7. The molecule has 0 saturated carbocycles. The Hall–Kier alpha value is -8.02. The highest BCUT2D eigenvalue weighted by atomic mass is 16.3. The molecule has 0 atom stereocenters. The predicted molar refractivity (Wildman–Crippen MR) is 240 cm³/mol. The average molecular weight is 755 g/mol. The summed E-state index contributed by atoms with van der Waals surface area (Å²) >= 11 is 0. The fourth-order valence-corrected chi connectivity index (χ4v) is 8.12. The summed E-state index contributed by atoms with van der Waals surface area (Å²) in [5, 5.41) is 4.27. The fourth-order valence-electron chi connectivity index (χ4n) is 8.12. The van der Waals surface area contributed by atoms with Crippen LogP contribution in [0.2, 0.25) is 0 Å². The Bertz CT molecular complexity index is 3250. The minimum atomic E-state index is 0.604. The Kier molecular flexibility index (Phi) is 8.41. The molecular weight excluding hydrogens is 721 g/mol. The maximum atomic E-state index is 6.34. The van der Waals surface area contributed by atoms with Gasteiger partial charge < -0.3 is 4.42 Å². The number of aromatic nitrogens is 4. The second-order valence-electron chi connectivity index (χ2n) is 14.6. The number of fused-ring (bicyclic) bond motifs is 4. The van der Waals surface area contributed by atoms with Crippen LogP contribution in [0.4, 0.5) is 0 Å². The number of benzene rings is 9. The fraction of sp³-hybridized carbons (Fsp3) is 0. The van der Waals surface area contributed by atoms with E-state index in [1.165, 1.54) is 0 Å². The van der Waals surface area contributed by atoms with Crippen molar-refractivity contribution < 1.29 is 4.42 Å². The van der Waals surface area contributed by atoms with E-state index in [9.17, 15) is 0 Å². The van der Waals surface area contributed by atoms with Crippen LogP contribution in [-0.2, 0) is 0 Å². The minimum absolute atomic E-state index is 0.604. The molecule has 0 aliphatic heterocycles. The molecule has 11 rings (SSSR count). The molecule has 11 aromatic rings. The van der Waals surface area contributed by atoms with Gasteiger partial charge in [0.05, 0.1) is 0 Å². The molecule has 0 N–H and O–H groups in total. The smallest absolute Gasteiger partial charge is 0.227 e. The summed E-state index contributed by atoms with van der Waals surface area (Å²) in [5.41, 5.74) is 11.9. The number of hydrogen-bond donors (Lipinski definition) is 0. The van der Waals surface area contributed by atoms with E-state index in [2.05, 4.69) is 127 Å². The van der Waals surface area contributed by atoms with Crippen LogP contribution in [0.3, 0.4) is 0 Å². The van der Waals surface area contributed by atoms with Gasteiger partial charge in [0.1, 0.15) is 5.52 Å². The summed E-state index contributed by atoms with van der Waals surface area (Å²) in [6, 6.07) is 71.2. The molecule has 0 saturated heterocycles.